The predicted molar refractivity (Wildman–Crippen MR) is 87.7 cm³/mol. The molecule has 23 heavy (non-hydrogen) atoms. The largest absolute Gasteiger partial charge is 0.392 e. The lowest BCUT2D eigenvalue weighted by atomic mass is 9.90. The normalized spacial score (nSPS) is 21.5. The molecule has 1 aliphatic carbocycles. The van der Waals surface area contributed by atoms with Gasteiger partial charge in [-0.25, -0.2) is 0 Å². The van der Waals surface area contributed by atoms with E-state index in [1.807, 2.05) is 30.5 Å². The van der Waals surface area contributed by atoms with E-state index < -0.39 is 0 Å². The van der Waals surface area contributed by atoms with Crippen molar-refractivity contribution in [1.82, 2.24) is 5.32 Å². The summed E-state index contributed by atoms with van der Waals surface area (Å²) in [5.41, 5.74) is 1.77. The number of rotatable bonds is 6. The first kappa shape index (κ1) is 15.4. The molecule has 0 saturated carbocycles. The highest BCUT2D eigenvalue weighted by Crippen LogP contribution is 2.23. The number of nitrogens with one attached hydrogen (secondary N) is 1. The molecule has 4 nitrogen and oxygen atoms in total. The van der Waals surface area contributed by atoms with Crippen LogP contribution in [-0.2, 0) is 11.4 Å². The van der Waals surface area contributed by atoms with Gasteiger partial charge in [0.15, 0.2) is 11.6 Å². The zero-order chi connectivity index (χ0) is 16.2. The van der Waals surface area contributed by atoms with E-state index in [0.717, 1.165) is 0 Å². The van der Waals surface area contributed by atoms with Crippen LogP contribution in [-0.4, -0.2) is 22.7 Å². The van der Waals surface area contributed by atoms with Crippen LogP contribution in [0.1, 0.15) is 28.8 Å². The molecule has 118 valence electrons. The summed E-state index contributed by atoms with van der Waals surface area (Å²) in [6.45, 7) is -0.174. The minimum Gasteiger partial charge on any atom is -0.392 e. The molecule has 2 atom stereocenters. The quantitative estimate of drug-likeness (QED) is 0.791. The summed E-state index contributed by atoms with van der Waals surface area (Å²) in [5.74, 6) is 0.0864. The number of aliphatic hydroxyl groups excluding tert-OH is 1. The van der Waals surface area contributed by atoms with Gasteiger partial charge < -0.3 is 10.4 Å². The SMILES string of the molecule is O=C(CCC(=O)c1ccccc1CO)C1=CC2C=CNC2C=C1. The smallest absolute Gasteiger partial charge is 0.163 e. The summed E-state index contributed by atoms with van der Waals surface area (Å²) >= 11 is 0. The predicted octanol–water partition coefficient (Wildman–Crippen LogP) is 2.31. The molecule has 3 rings (SSSR count). The summed E-state index contributed by atoms with van der Waals surface area (Å²) in [6, 6.07) is 7.20. The lowest BCUT2D eigenvalue weighted by molar-refractivity contribution is -0.115. The zero-order valence-corrected chi connectivity index (χ0v) is 12.7. The van der Waals surface area contributed by atoms with Crippen molar-refractivity contribution in [3.63, 3.8) is 0 Å². The number of carbonyl (C=O) groups excluding carboxylic acids is 2. The Balaban J connectivity index is 1.62. The minimum atomic E-state index is -0.174. The fourth-order valence-corrected chi connectivity index (χ4v) is 2.94. The molecule has 0 fully saturated rings. The Morgan fingerprint density at radius 2 is 1.87 bits per heavy atom. The van der Waals surface area contributed by atoms with Crippen LogP contribution in [0.15, 0.2) is 60.3 Å². The molecule has 0 amide bonds. The molecule has 0 spiro atoms. The Hall–Kier alpha value is -2.46. The summed E-state index contributed by atoms with van der Waals surface area (Å²) in [7, 11) is 0. The highest BCUT2D eigenvalue weighted by Gasteiger charge is 2.23. The highest BCUT2D eigenvalue weighted by atomic mass is 16.3. The molecular weight excluding hydrogens is 290 g/mol. The summed E-state index contributed by atoms with van der Waals surface area (Å²) in [4.78, 5) is 24.6. The van der Waals surface area contributed by atoms with Gasteiger partial charge in [-0.3, -0.25) is 9.59 Å². The Labute approximate surface area is 135 Å². The van der Waals surface area contributed by atoms with E-state index in [0.29, 0.717) is 16.7 Å². The van der Waals surface area contributed by atoms with Gasteiger partial charge in [-0.1, -0.05) is 48.6 Å². The highest BCUT2D eigenvalue weighted by molar-refractivity contribution is 6.03. The van der Waals surface area contributed by atoms with Gasteiger partial charge in [0.1, 0.15) is 0 Å². The van der Waals surface area contributed by atoms with Crippen LogP contribution in [0.25, 0.3) is 0 Å². The van der Waals surface area contributed by atoms with Gasteiger partial charge in [0, 0.05) is 29.9 Å². The second-order valence-electron chi connectivity index (χ2n) is 5.77. The number of aliphatic hydroxyl groups is 1. The van der Waals surface area contributed by atoms with Crippen LogP contribution < -0.4 is 5.32 Å². The van der Waals surface area contributed by atoms with Crippen LogP contribution in [0.5, 0.6) is 0 Å². The van der Waals surface area contributed by atoms with Crippen molar-refractivity contribution in [2.24, 2.45) is 5.92 Å². The second kappa shape index (κ2) is 6.75. The van der Waals surface area contributed by atoms with Crippen LogP contribution in [0.3, 0.4) is 0 Å². The summed E-state index contributed by atoms with van der Waals surface area (Å²) in [6.07, 6.45) is 10.0. The number of ketones is 2. The lowest BCUT2D eigenvalue weighted by Gasteiger charge is -2.18. The minimum absolute atomic E-state index is 0.0187. The molecule has 0 saturated heterocycles. The Morgan fingerprint density at radius 3 is 2.70 bits per heavy atom. The number of carbonyl (C=O) groups is 2. The molecule has 2 aliphatic rings. The maximum Gasteiger partial charge on any atom is 0.163 e. The van der Waals surface area contributed by atoms with Crippen molar-refractivity contribution in [1.29, 1.82) is 0 Å². The molecule has 1 aromatic carbocycles. The van der Waals surface area contributed by atoms with Crippen LogP contribution in [0.4, 0.5) is 0 Å². The van der Waals surface area contributed by atoms with E-state index in [-0.39, 0.29) is 43.0 Å². The first-order chi connectivity index (χ1) is 11.2. The topological polar surface area (TPSA) is 66.4 Å². The van der Waals surface area contributed by atoms with E-state index in [1.54, 1.807) is 24.3 Å². The maximum absolute atomic E-state index is 12.3. The Morgan fingerprint density at radius 1 is 1.09 bits per heavy atom. The van der Waals surface area contributed by atoms with E-state index in [2.05, 4.69) is 5.32 Å². The zero-order valence-electron chi connectivity index (χ0n) is 12.7. The molecule has 1 aromatic rings. The van der Waals surface area contributed by atoms with Gasteiger partial charge in [0.05, 0.1) is 12.6 Å². The lowest BCUT2D eigenvalue weighted by Crippen LogP contribution is -2.26. The average molecular weight is 309 g/mol. The maximum atomic E-state index is 12.3. The third-order valence-electron chi connectivity index (χ3n) is 4.27. The van der Waals surface area contributed by atoms with Crippen molar-refractivity contribution in [3.8, 4) is 0 Å². The Bertz CT molecular complexity index is 715. The molecule has 2 N–H and O–H groups in total. The number of allylic oxidation sites excluding steroid dienone is 2. The first-order valence-electron chi connectivity index (χ1n) is 7.77. The monoisotopic (exact) mass is 309 g/mol. The molecule has 2 unspecified atom stereocenters. The van der Waals surface area contributed by atoms with Crippen molar-refractivity contribution in [2.75, 3.05) is 0 Å². The van der Waals surface area contributed by atoms with E-state index >= 15 is 0 Å². The number of benzene rings is 1. The molecule has 1 heterocycles. The van der Waals surface area contributed by atoms with Gasteiger partial charge in [0.25, 0.3) is 0 Å². The number of hydrogen-bond donors (Lipinski definition) is 2. The first-order valence-corrected chi connectivity index (χ1v) is 7.77. The van der Waals surface area contributed by atoms with E-state index in [4.69, 9.17) is 0 Å². The molecular formula is C19H19NO3. The van der Waals surface area contributed by atoms with Gasteiger partial charge in [-0.15, -0.1) is 0 Å². The number of fused-ring (bicyclic) bond motifs is 1. The summed E-state index contributed by atoms with van der Waals surface area (Å²) in [5, 5.41) is 12.5. The van der Waals surface area contributed by atoms with Gasteiger partial charge in [-0.2, -0.15) is 0 Å². The van der Waals surface area contributed by atoms with E-state index in [1.165, 1.54) is 0 Å². The van der Waals surface area contributed by atoms with Crippen molar-refractivity contribution in [2.45, 2.75) is 25.5 Å². The molecule has 1 aliphatic heterocycles. The van der Waals surface area contributed by atoms with Gasteiger partial charge in [0.2, 0.25) is 0 Å². The van der Waals surface area contributed by atoms with Crippen LogP contribution >= 0.6 is 0 Å². The van der Waals surface area contributed by atoms with Gasteiger partial charge >= 0.3 is 0 Å². The van der Waals surface area contributed by atoms with Crippen LogP contribution in [0, 0.1) is 5.92 Å². The molecule has 0 radical (unpaired) electrons. The van der Waals surface area contributed by atoms with Crippen molar-refractivity contribution >= 4 is 11.6 Å². The summed E-state index contributed by atoms with van der Waals surface area (Å²) < 4.78 is 0. The van der Waals surface area contributed by atoms with Crippen LogP contribution in [0.2, 0.25) is 0 Å². The third kappa shape index (κ3) is 3.32. The Kier molecular flexibility index (Phi) is 4.53. The van der Waals surface area contributed by atoms with Crippen molar-refractivity contribution in [3.05, 3.63) is 71.5 Å². The van der Waals surface area contributed by atoms with E-state index in [9.17, 15) is 14.7 Å². The fraction of sp³-hybridized carbons (Fsp3) is 0.263. The number of hydrogen-bond acceptors (Lipinski definition) is 4. The fourth-order valence-electron chi connectivity index (χ4n) is 2.94. The average Bonchev–Trinajstić information content (AvgIpc) is 3.06. The van der Waals surface area contributed by atoms with Crippen molar-refractivity contribution < 1.29 is 14.7 Å². The standard InChI is InChI=1S/C19H19NO3/c21-12-15-3-1-2-4-16(15)19(23)8-7-18(22)14-5-6-17-13(11-14)9-10-20-17/h1-6,9-11,13,17,20-21H,7-8,12H2. The van der Waals surface area contributed by atoms with Gasteiger partial charge in [-0.05, 0) is 11.8 Å². The number of Topliss-reactive ketones (excluding diaryl/α,β-unsaturated/α-hetero) is 2. The molecule has 0 bridgehead atoms. The third-order valence-corrected chi connectivity index (χ3v) is 4.27. The second-order valence-corrected chi connectivity index (χ2v) is 5.77. The molecule has 4 heteroatoms. The molecule has 0 aromatic heterocycles.